The van der Waals surface area contributed by atoms with Crippen molar-refractivity contribution in [2.75, 3.05) is 0 Å². The maximum atomic E-state index is 10.7. The molecule has 0 aromatic rings. The van der Waals surface area contributed by atoms with Crippen LogP contribution in [-0.4, -0.2) is 5.24 Å². The SMILES string of the molecule is CCCC[C@H](C)/C=C(\C)C(=O)Cl. The van der Waals surface area contributed by atoms with Gasteiger partial charge in [0.05, 0.1) is 0 Å². The molecule has 2 heteroatoms. The summed E-state index contributed by atoms with van der Waals surface area (Å²) in [5, 5.41) is -0.335. The van der Waals surface area contributed by atoms with Crippen molar-refractivity contribution in [3.05, 3.63) is 11.6 Å². The quantitative estimate of drug-likeness (QED) is 0.477. The molecule has 0 amide bonds. The van der Waals surface area contributed by atoms with Crippen molar-refractivity contribution in [1.29, 1.82) is 0 Å². The zero-order chi connectivity index (χ0) is 9.56. The van der Waals surface area contributed by atoms with Crippen molar-refractivity contribution in [2.24, 2.45) is 5.92 Å². The number of halogens is 1. The highest BCUT2D eigenvalue weighted by Gasteiger charge is 2.02. The summed E-state index contributed by atoms with van der Waals surface area (Å²) >= 11 is 5.30. The normalized spacial score (nSPS) is 14.5. The predicted molar refractivity (Wildman–Crippen MR) is 53.3 cm³/mol. The maximum Gasteiger partial charge on any atom is 0.247 e. The van der Waals surface area contributed by atoms with E-state index in [1.54, 1.807) is 6.92 Å². The summed E-state index contributed by atoms with van der Waals surface area (Å²) in [6.45, 7) is 6.03. The first-order chi connectivity index (χ1) is 5.57. The van der Waals surface area contributed by atoms with Crippen molar-refractivity contribution in [3.63, 3.8) is 0 Å². The van der Waals surface area contributed by atoms with E-state index >= 15 is 0 Å². The summed E-state index contributed by atoms with van der Waals surface area (Å²) in [4.78, 5) is 10.7. The van der Waals surface area contributed by atoms with Gasteiger partial charge in [0, 0.05) is 5.57 Å². The smallest absolute Gasteiger partial charge is 0.247 e. The molecule has 1 atom stereocenters. The highest BCUT2D eigenvalue weighted by Crippen LogP contribution is 2.12. The highest BCUT2D eigenvalue weighted by atomic mass is 35.5. The van der Waals surface area contributed by atoms with Gasteiger partial charge in [-0.15, -0.1) is 0 Å². The number of rotatable bonds is 5. The summed E-state index contributed by atoms with van der Waals surface area (Å²) in [7, 11) is 0. The van der Waals surface area contributed by atoms with Crippen LogP contribution in [0.4, 0.5) is 0 Å². The molecule has 0 aromatic heterocycles. The predicted octanol–water partition coefficient (Wildman–Crippen LogP) is 3.52. The van der Waals surface area contributed by atoms with E-state index in [9.17, 15) is 4.79 Å². The van der Waals surface area contributed by atoms with Crippen molar-refractivity contribution < 1.29 is 4.79 Å². The topological polar surface area (TPSA) is 17.1 Å². The van der Waals surface area contributed by atoms with Crippen LogP contribution in [0.15, 0.2) is 11.6 Å². The van der Waals surface area contributed by atoms with Crippen LogP contribution < -0.4 is 0 Å². The first kappa shape index (κ1) is 11.7. The summed E-state index contributed by atoms with van der Waals surface area (Å²) in [6, 6.07) is 0. The maximum absolute atomic E-state index is 10.7. The molecule has 0 bridgehead atoms. The molecule has 0 radical (unpaired) electrons. The first-order valence-electron chi connectivity index (χ1n) is 4.46. The van der Waals surface area contributed by atoms with Crippen molar-refractivity contribution >= 4 is 16.8 Å². The molecule has 0 unspecified atom stereocenters. The van der Waals surface area contributed by atoms with Gasteiger partial charge in [-0.3, -0.25) is 4.79 Å². The first-order valence-corrected chi connectivity index (χ1v) is 4.84. The number of hydrogen-bond acceptors (Lipinski definition) is 1. The summed E-state index contributed by atoms with van der Waals surface area (Å²) in [5.41, 5.74) is 0.667. The van der Waals surface area contributed by atoms with E-state index < -0.39 is 0 Å². The lowest BCUT2D eigenvalue weighted by molar-refractivity contribution is -0.108. The van der Waals surface area contributed by atoms with Crippen molar-refractivity contribution in [3.8, 4) is 0 Å². The van der Waals surface area contributed by atoms with Crippen LogP contribution >= 0.6 is 11.6 Å². The third kappa shape index (κ3) is 5.36. The van der Waals surface area contributed by atoms with Gasteiger partial charge in [-0.05, 0) is 30.9 Å². The Morgan fingerprint density at radius 2 is 2.17 bits per heavy atom. The Balaban J connectivity index is 3.87. The number of unbranched alkanes of at least 4 members (excludes halogenated alkanes) is 1. The molecule has 0 aliphatic heterocycles. The van der Waals surface area contributed by atoms with Crippen molar-refractivity contribution in [2.45, 2.75) is 40.0 Å². The summed E-state index contributed by atoms with van der Waals surface area (Å²) in [6.07, 6.45) is 5.50. The third-order valence-electron chi connectivity index (χ3n) is 1.86. The Labute approximate surface area is 79.8 Å². The molecule has 0 spiro atoms. The summed E-state index contributed by atoms with van der Waals surface area (Å²) < 4.78 is 0. The molecule has 0 saturated carbocycles. The van der Waals surface area contributed by atoms with Crippen LogP contribution in [0.2, 0.25) is 0 Å². The fraction of sp³-hybridized carbons (Fsp3) is 0.700. The molecule has 1 nitrogen and oxygen atoms in total. The van der Waals surface area contributed by atoms with Gasteiger partial charge in [0.2, 0.25) is 5.24 Å². The van der Waals surface area contributed by atoms with Gasteiger partial charge < -0.3 is 0 Å². The standard InChI is InChI=1S/C10H17ClO/c1-4-5-6-8(2)7-9(3)10(11)12/h7-8H,4-6H2,1-3H3/b9-7+/t8-/m0/s1. The minimum absolute atomic E-state index is 0.335. The minimum Gasteiger partial charge on any atom is -0.276 e. The van der Waals surface area contributed by atoms with Gasteiger partial charge in [-0.2, -0.15) is 0 Å². The molecule has 0 aromatic carbocycles. The molecule has 0 heterocycles. The van der Waals surface area contributed by atoms with E-state index in [-0.39, 0.29) is 5.24 Å². The zero-order valence-electron chi connectivity index (χ0n) is 8.06. The second kappa shape index (κ2) is 6.24. The molecule has 0 saturated heterocycles. The molecule has 12 heavy (non-hydrogen) atoms. The number of hydrogen-bond donors (Lipinski definition) is 0. The molecule has 70 valence electrons. The van der Waals surface area contributed by atoms with E-state index in [0.717, 1.165) is 6.42 Å². The largest absolute Gasteiger partial charge is 0.276 e. The molecule has 0 N–H and O–H groups in total. The number of allylic oxidation sites excluding steroid dienone is 2. The molecule has 0 aliphatic rings. The van der Waals surface area contributed by atoms with E-state index in [1.807, 2.05) is 6.08 Å². The minimum atomic E-state index is -0.335. The Kier molecular flexibility index (Phi) is 6.09. The summed E-state index contributed by atoms with van der Waals surface area (Å²) in [5.74, 6) is 0.465. The molecule has 0 fully saturated rings. The number of carbonyl (C=O) groups is 1. The molecular weight excluding hydrogens is 172 g/mol. The van der Waals surface area contributed by atoms with E-state index in [0.29, 0.717) is 11.5 Å². The van der Waals surface area contributed by atoms with Gasteiger partial charge >= 0.3 is 0 Å². The van der Waals surface area contributed by atoms with Crippen LogP contribution in [0, 0.1) is 5.92 Å². The van der Waals surface area contributed by atoms with Crippen LogP contribution in [0.3, 0.4) is 0 Å². The lowest BCUT2D eigenvalue weighted by atomic mass is 10.0. The monoisotopic (exact) mass is 188 g/mol. The fourth-order valence-corrected chi connectivity index (χ4v) is 1.16. The molecular formula is C10H17ClO. The van der Waals surface area contributed by atoms with Gasteiger partial charge in [0.15, 0.2) is 0 Å². The van der Waals surface area contributed by atoms with Crippen molar-refractivity contribution in [1.82, 2.24) is 0 Å². The highest BCUT2D eigenvalue weighted by molar-refractivity contribution is 6.67. The van der Waals surface area contributed by atoms with Gasteiger partial charge in [-0.25, -0.2) is 0 Å². The Morgan fingerprint density at radius 3 is 2.58 bits per heavy atom. The van der Waals surface area contributed by atoms with Crippen LogP contribution in [-0.2, 0) is 4.79 Å². The van der Waals surface area contributed by atoms with Crippen LogP contribution in [0.1, 0.15) is 40.0 Å². The van der Waals surface area contributed by atoms with E-state index in [4.69, 9.17) is 11.6 Å². The second-order valence-corrected chi connectivity index (χ2v) is 3.59. The molecule has 0 aliphatic carbocycles. The van der Waals surface area contributed by atoms with Gasteiger partial charge in [0.1, 0.15) is 0 Å². The fourth-order valence-electron chi connectivity index (χ4n) is 1.10. The average Bonchev–Trinajstić information content (AvgIpc) is 2.00. The third-order valence-corrected chi connectivity index (χ3v) is 2.16. The van der Waals surface area contributed by atoms with E-state index in [1.165, 1.54) is 12.8 Å². The van der Waals surface area contributed by atoms with Crippen LogP contribution in [0.5, 0.6) is 0 Å². The van der Waals surface area contributed by atoms with Gasteiger partial charge in [-0.1, -0.05) is 32.8 Å². The average molecular weight is 189 g/mol. The lowest BCUT2D eigenvalue weighted by Crippen LogP contribution is -1.95. The Bertz CT molecular complexity index is 173. The van der Waals surface area contributed by atoms with Gasteiger partial charge in [0.25, 0.3) is 0 Å². The Morgan fingerprint density at radius 1 is 1.58 bits per heavy atom. The lowest BCUT2D eigenvalue weighted by Gasteiger charge is -2.04. The number of carbonyl (C=O) groups excluding carboxylic acids is 1. The Hall–Kier alpha value is -0.300. The van der Waals surface area contributed by atoms with E-state index in [2.05, 4.69) is 13.8 Å². The zero-order valence-corrected chi connectivity index (χ0v) is 8.82. The molecule has 0 rings (SSSR count). The van der Waals surface area contributed by atoms with Crippen LogP contribution in [0.25, 0.3) is 0 Å². The second-order valence-electron chi connectivity index (χ2n) is 3.24.